The molecule has 0 unspecified atom stereocenters. The Morgan fingerprint density at radius 2 is 1.19 bits per heavy atom. The van der Waals surface area contributed by atoms with Crippen molar-refractivity contribution < 1.29 is 9.90 Å². The van der Waals surface area contributed by atoms with Crippen LogP contribution in [0.5, 0.6) is 0 Å². The fraction of sp³-hybridized carbons (Fsp3) is 0.542. The van der Waals surface area contributed by atoms with Crippen molar-refractivity contribution in [2.24, 2.45) is 0 Å². The zero-order valence-electron chi connectivity index (χ0n) is 16.5. The molecule has 1 heterocycles. The zero-order chi connectivity index (χ0) is 19.2. The largest absolute Gasteiger partial charge is 0.481 e. The molecule has 0 aliphatic heterocycles. The predicted molar refractivity (Wildman–Crippen MR) is 116 cm³/mol. The normalized spacial score (nSPS) is 11.0. The number of unbranched alkanes of at least 4 members (excludes halogenated alkanes) is 7. The van der Waals surface area contributed by atoms with Gasteiger partial charge in [0, 0.05) is 16.2 Å². The van der Waals surface area contributed by atoms with Crippen LogP contribution < -0.4 is 0 Å². The summed E-state index contributed by atoms with van der Waals surface area (Å²) >= 11 is 1.95. The van der Waals surface area contributed by atoms with Crippen molar-refractivity contribution in [3.05, 3.63) is 57.8 Å². The van der Waals surface area contributed by atoms with E-state index in [4.69, 9.17) is 5.11 Å². The summed E-state index contributed by atoms with van der Waals surface area (Å²) < 4.78 is 0. The molecule has 1 aromatic heterocycles. The van der Waals surface area contributed by atoms with E-state index in [1.54, 1.807) is 0 Å². The number of carboxylic acid groups (broad SMARTS) is 1. The fourth-order valence-electron chi connectivity index (χ4n) is 3.42. The minimum absolute atomic E-state index is 0.307. The van der Waals surface area contributed by atoms with Crippen molar-refractivity contribution in [2.45, 2.75) is 83.5 Å². The maximum atomic E-state index is 10.5. The van der Waals surface area contributed by atoms with Gasteiger partial charge in [0.25, 0.3) is 0 Å². The van der Waals surface area contributed by atoms with E-state index in [1.165, 1.54) is 66.7 Å². The molecule has 0 saturated heterocycles. The van der Waals surface area contributed by atoms with Crippen LogP contribution in [0.4, 0.5) is 0 Å². The number of carboxylic acids is 1. The molecule has 27 heavy (non-hydrogen) atoms. The van der Waals surface area contributed by atoms with Crippen molar-refractivity contribution in [1.82, 2.24) is 0 Å². The van der Waals surface area contributed by atoms with Crippen LogP contribution in [0.15, 0.2) is 42.5 Å². The van der Waals surface area contributed by atoms with Gasteiger partial charge in [0.1, 0.15) is 0 Å². The Labute approximate surface area is 168 Å². The molecule has 3 heteroatoms. The molecule has 0 atom stereocenters. The molecular weight excluding hydrogens is 352 g/mol. The fourth-order valence-corrected chi connectivity index (χ4v) is 4.53. The van der Waals surface area contributed by atoms with Gasteiger partial charge in [-0.25, -0.2) is 0 Å². The topological polar surface area (TPSA) is 37.3 Å². The number of hydrogen-bond donors (Lipinski definition) is 1. The molecule has 0 radical (unpaired) electrons. The summed E-state index contributed by atoms with van der Waals surface area (Å²) in [5, 5.41) is 8.65. The van der Waals surface area contributed by atoms with Gasteiger partial charge < -0.3 is 5.11 Å². The molecule has 2 rings (SSSR count). The third-order valence-electron chi connectivity index (χ3n) is 5.01. The van der Waals surface area contributed by atoms with Crippen LogP contribution in [0.25, 0.3) is 0 Å². The Hall–Kier alpha value is -1.61. The van der Waals surface area contributed by atoms with Gasteiger partial charge in [-0.15, -0.1) is 11.3 Å². The van der Waals surface area contributed by atoms with E-state index in [0.29, 0.717) is 6.42 Å². The number of thiophene rings is 1. The number of aliphatic carboxylic acids is 1. The van der Waals surface area contributed by atoms with Crippen LogP contribution in [-0.2, 0) is 24.1 Å². The van der Waals surface area contributed by atoms with Gasteiger partial charge in [0.2, 0.25) is 0 Å². The highest BCUT2D eigenvalue weighted by atomic mass is 32.1. The minimum Gasteiger partial charge on any atom is -0.481 e. The van der Waals surface area contributed by atoms with Crippen molar-refractivity contribution in [2.75, 3.05) is 0 Å². The molecule has 1 N–H and O–H groups in total. The Morgan fingerprint density at radius 1 is 0.667 bits per heavy atom. The summed E-state index contributed by atoms with van der Waals surface area (Å²) in [4.78, 5) is 13.5. The first-order valence-electron chi connectivity index (χ1n) is 10.6. The van der Waals surface area contributed by atoms with Gasteiger partial charge in [-0.1, -0.05) is 62.4 Å². The first kappa shape index (κ1) is 21.7. The lowest BCUT2D eigenvalue weighted by Crippen LogP contribution is -1.93. The molecule has 0 aliphatic carbocycles. The van der Waals surface area contributed by atoms with Gasteiger partial charge in [0.15, 0.2) is 0 Å². The van der Waals surface area contributed by atoms with Crippen molar-refractivity contribution >= 4 is 17.3 Å². The van der Waals surface area contributed by atoms with E-state index < -0.39 is 5.97 Å². The number of carbonyl (C=O) groups is 1. The van der Waals surface area contributed by atoms with Gasteiger partial charge >= 0.3 is 5.97 Å². The SMILES string of the molecule is O=C(O)CCCCCc1ccc(CCCCCCCCc2ccccc2)s1. The summed E-state index contributed by atoms with van der Waals surface area (Å²) in [5.41, 5.74) is 1.47. The van der Waals surface area contributed by atoms with Crippen molar-refractivity contribution in [3.63, 3.8) is 0 Å². The lowest BCUT2D eigenvalue weighted by molar-refractivity contribution is -0.137. The van der Waals surface area contributed by atoms with Crippen molar-refractivity contribution in [1.29, 1.82) is 0 Å². The zero-order valence-corrected chi connectivity index (χ0v) is 17.3. The number of benzene rings is 1. The average Bonchev–Trinajstić information content (AvgIpc) is 3.12. The van der Waals surface area contributed by atoms with E-state index >= 15 is 0 Å². The third kappa shape index (κ3) is 10.3. The Morgan fingerprint density at radius 3 is 1.78 bits per heavy atom. The van der Waals surface area contributed by atoms with E-state index in [-0.39, 0.29) is 0 Å². The highest BCUT2D eigenvalue weighted by molar-refractivity contribution is 7.11. The highest BCUT2D eigenvalue weighted by Gasteiger charge is 2.02. The minimum atomic E-state index is -0.676. The number of hydrogen-bond acceptors (Lipinski definition) is 2. The Kier molecular flexibility index (Phi) is 10.9. The van der Waals surface area contributed by atoms with E-state index in [0.717, 1.165) is 25.7 Å². The Bertz CT molecular complexity index is 633. The maximum Gasteiger partial charge on any atom is 0.303 e. The molecule has 0 amide bonds. The van der Waals surface area contributed by atoms with Crippen LogP contribution in [-0.4, -0.2) is 11.1 Å². The molecule has 0 spiro atoms. The van der Waals surface area contributed by atoms with Crippen LogP contribution in [0.2, 0.25) is 0 Å². The van der Waals surface area contributed by atoms with Gasteiger partial charge in [-0.3, -0.25) is 4.79 Å². The third-order valence-corrected chi connectivity index (χ3v) is 6.22. The van der Waals surface area contributed by atoms with Crippen LogP contribution in [0, 0.1) is 0 Å². The van der Waals surface area contributed by atoms with Gasteiger partial charge in [-0.05, 0) is 62.6 Å². The summed E-state index contributed by atoms with van der Waals surface area (Å²) in [6.45, 7) is 0. The average molecular weight is 387 g/mol. The van der Waals surface area contributed by atoms with Crippen molar-refractivity contribution in [3.8, 4) is 0 Å². The standard InChI is InChI=1S/C24H34O2S/c25-24(26)18-12-6-11-17-23-20-19-22(27-23)16-10-4-2-1-3-7-13-21-14-8-5-9-15-21/h5,8-9,14-15,19-20H,1-4,6-7,10-13,16-18H2,(H,25,26). The Balaban J connectivity index is 1.44. The maximum absolute atomic E-state index is 10.5. The first-order chi connectivity index (χ1) is 13.2. The molecule has 2 nitrogen and oxygen atoms in total. The summed E-state index contributed by atoms with van der Waals surface area (Å²) in [5.74, 6) is -0.676. The lowest BCUT2D eigenvalue weighted by Gasteiger charge is -2.02. The second-order valence-electron chi connectivity index (χ2n) is 7.43. The van der Waals surface area contributed by atoms with Crippen LogP contribution in [0.3, 0.4) is 0 Å². The number of rotatable bonds is 15. The quantitative estimate of drug-likeness (QED) is 0.333. The summed E-state index contributed by atoms with van der Waals surface area (Å²) in [6, 6.07) is 15.4. The second-order valence-corrected chi connectivity index (χ2v) is 8.68. The van der Waals surface area contributed by atoms with Gasteiger partial charge in [0.05, 0.1) is 0 Å². The summed E-state index contributed by atoms with van der Waals surface area (Å²) in [6.07, 6.45) is 14.8. The lowest BCUT2D eigenvalue weighted by atomic mass is 10.0. The van der Waals surface area contributed by atoms with E-state index in [9.17, 15) is 4.79 Å². The van der Waals surface area contributed by atoms with Crippen LogP contribution >= 0.6 is 11.3 Å². The molecular formula is C24H34O2S. The molecule has 2 aromatic rings. The highest BCUT2D eigenvalue weighted by Crippen LogP contribution is 2.21. The van der Waals surface area contributed by atoms with Gasteiger partial charge in [-0.2, -0.15) is 0 Å². The van der Waals surface area contributed by atoms with E-state index in [2.05, 4.69) is 42.5 Å². The predicted octanol–water partition coefficient (Wildman–Crippen LogP) is 7.06. The summed E-state index contributed by atoms with van der Waals surface area (Å²) in [7, 11) is 0. The number of aryl methyl sites for hydroxylation is 3. The van der Waals surface area contributed by atoms with Crippen LogP contribution in [0.1, 0.15) is 79.5 Å². The van der Waals surface area contributed by atoms with E-state index in [1.807, 2.05) is 11.3 Å². The molecule has 148 valence electrons. The monoisotopic (exact) mass is 386 g/mol. The molecule has 1 aromatic carbocycles. The first-order valence-corrected chi connectivity index (χ1v) is 11.4. The molecule has 0 saturated carbocycles. The molecule has 0 aliphatic rings. The second kappa shape index (κ2) is 13.5. The molecule has 0 bridgehead atoms. The molecule has 0 fully saturated rings. The smallest absolute Gasteiger partial charge is 0.303 e.